The minimum absolute atomic E-state index is 0.0719. The lowest BCUT2D eigenvalue weighted by Gasteiger charge is -2.10. The highest BCUT2D eigenvalue weighted by Crippen LogP contribution is 2.28. The first kappa shape index (κ1) is 15.5. The summed E-state index contributed by atoms with van der Waals surface area (Å²) in [5.74, 6) is -1.26. The van der Waals surface area contributed by atoms with Gasteiger partial charge in [0.2, 0.25) is 0 Å². The molecule has 0 amide bonds. The number of benzene rings is 2. The van der Waals surface area contributed by atoms with Gasteiger partial charge in [-0.05, 0) is 35.7 Å². The molecule has 0 radical (unpaired) electrons. The van der Waals surface area contributed by atoms with E-state index >= 15 is 0 Å². The van der Waals surface area contributed by atoms with Crippen LogP contribution in [0.5, 0.6) is 0 Å². The van der Waals surface area contributed by atoms with Crippen LogP contribution in [-0.4, -0.2) is 17.1 Å². The van der Waals surface area contributed by atoms with Crippen molar-refractivity contribution in [3.05, 3.63) is 58.9 Å². The van der Waals surface area contributed by atoms with Crippen molar-refractivity contribution in [3.8, 4) is 11.1 Å². The second kappa shape index (κ2) is 6.70. The number of rotatable bonds is 5. The largest absolute Gasteiger partial charge is 0.481 e. The monoisotopic (exact) mass is 307 g/mol. The first-order valence-corrected chi connectivity index (χ1v) is 6.85. The van der Waals surface area contributed by atoms with E-state index in [0.29, 0.717) is 17.0 Å². The molecule has 1 unspecified atom stereocenters. The van der Waals surface area contributed by atoms with Crippen molar-refractivity contribution >= 4 is 17.6 Å². The van der Waals surface area contributed by atoms with Crippen molar-refractivity contribution in [3.63, 3.8) is 0 Å². The van der Waals surface area contributed by atoms with Crippen LogP contribution < -0.4 is 5.73 Å². The van der Waals surface area contributed by atoms with Crippen molar-refractivity contribution in [2.24, 2.45) is 5.73 Å². The van der Waals surface area contributed by atoms with E-state index in [0.717, 1.165) is 11.1 Å². The van der Waals surface area contributed by atoms with E-state index in [1.54, 1.807) is 0 Å². The summed E-state index contributed by atoms with van der Waals surface area (Å²) >= 11 is 6.06. The van der Waals surface area contributed by atoms with Gasteiger partial charge < -0.3 is 10.8 Å². The highest BCUT2D eigenvalue weighted by Gasteiger charge is 2.10. The van der Waals surface area contributed by atoms with E-state index in [4.69, 9.17) is 22.4 Å². The first-order valence-electron chi connectivity index (χ1n) is 6.47. The molecule has 0 aliphatic rings. The lowest BCUT2D eigenvalue weighted by Crippen LogP contribution is -2.26. The molecule has 0 bridgehead atoms. The summed E-state index contributed by atoms with van der Waals surface area (Å²) < 4.78 is 13.3. The Morgan fingerprint density at radius 2 is 1.90 bits per heavy atom. The van der Waals surface area contributed by atoms with Gasteiger partial charge in [-0.2, -0.15) is 0 Å². The third-order valence-corrected chi connectivity index (χ3v) is 3.46. The van der Waals surface area contributed by atoms with Crippen LogP contribution in [0.4, 0.5) is 4.39 Å². The maximum Gasteiger partial charge on any atom is 0.304 e. The normalized spacial score (nSPS) is 12.1. The molecule has 0 heterocycles. The molecule has 0 saturated heterocycles. The Bertz CT molecular complexity index is 643. The van der Waals surface area contributed by atoms with Gasteiger partial charge in [-0.3, -0.25) is 4.79 Å². The molecule has 1 atom stereocenters. The number of aliphatic carboxylic acids is 1. The number of carboxylic acid groups (broad SMARTS) is 1. The Kier molecular flexibility index (Phi) is 4.94. The molecule has 2 rings (SSSR count). The average Bonchev–Trinajstić information content (AvgIpc) is 2.41. The van der Waals surface area contributed by atoms with Crippen LogP contribution >= 0.6 is 11.6 Å². The van der Waals surface area contributed by atoms with Crippen LogP contribution in [0.3, 0.4) is 0 Å². The number of carboxylic acids is 1. The molecule has 0 aliphatic heterocycles. The summed E-state index contributed by atoms with van der Waals surface area (Å²) in [5, 5.41) is 9.16. The Morgan fingerprint density at radius 3 is 2.52 bits per heavy atom. The molecular formula is C16H15ClFNO2. The van der Waals surface area contributed by atoms with Crippen molar-refractivity contribution in [2.45, 2.75) is 18.9 Å². The van der Waals surface area contributed by atoms with Crippen LogP contribution in [0.15, 0.2) is 42.5 Å². The topological polar surface area (TPSA) is 63.3 Å². The zero-order valence-corrected chi connectivity index (χ0v) is 12.0. The van der Waals surface area contributed by atoms with E-state index in [-0.39, 0.29) is 12.2 Å². The van der Waals surface area contributed by atoms with Gasteiger partial charge in [0.25, 0.3) is 0 Å². The van der Waals surface area contributed by atoms with Crippen molar-refractivity contribution in [1.82, 2.24) is 0 Å². The molecule has 21 heavy (non-hydrogen) atoms. The zero-order valence-electron chi connectivity index (χ0n) is 11.2. The van der Waals surface area contributed by atoms with Crippen LogP contribution in [0.1, 0.15) is 12.0 Å². The SMILES string of the molecule is NC(CC(=O)O)Cc1ccc(-c2cc(F)ccc2Cl)cc1. The summed E-state index contributed by atoms with van der Waals surface area (Å²) in [7, 11) is 0. The average molecular weight is 308 g/mol. The van der Waals surface area contributed by atoms with Gasteiger partial charge in [-0.1, -0.05) is 35.9 Å². The molecule has 0 fully saturated rings. The van der Waals surface area contributed by atoms with Gasteiger partial charge in [0, 0.05) is 16.6 Å². The predicted octanol–water partition coefficient (Wildman–Crippen LogP) is 3.49. The molecule has 0 aliphatic carbocycles. The number of halogens is 2. The van der Waals surface area contributed by atoms with Gasteiger partial charge in [-0.15, -0.1) is 0 Å². The Balaban J connectivity index is 2.15. The summed E-state index contributed by atoms with van der Waals surface area (Å²) in [6, 6.07) is 11.1. The molecular weight excluding hydrogens is 293 g/mol. The molecule has 3 nitrogen and oxygen atoms in total. The molecule has 0 spiro atoms. The number of hydrogen-bond donors (Lipinski definition) is 2. The standard InChI is InChI=1S/C16H15ClFNO2/c17-15-6-5-12(18)8-14(15)11-3-1-10(2-4-11)7-13(19)9-16(20)21/h1-6,8,13H,7,9,19H2,(H,20,21). The predicted molar refractivity (Wildman–Crippen MR) is 80.8 cm³/mol. The van der Waals surface area contributed by atoms with E-state index in [1.807, 2.05) is 24.3 Å². The highest BCUT2D eigenvalue weighted by atomic mass is 35.5. The molecule has 0 saturated carbocycles. The zero-order chi connectivity index (χ0) is 15.4. The third kappa shape index (κ3) is 4.28. The minimum Gasteiger partial charge on any atom is -0.481 e. The van der Waals surface area contributed by atoms with E-state index in [1.165, 1.54) is 18.2 Å². The van der Waals surface area contributed by atoms with E-state index < -0.39 is 12.0 Å². The molecule has 2 aromatic rings. The fourth-order valence-corrected chi connectivity index (χ4v) is 2.36. The fraction of sp³-hybridized carbons (Fsp3) is 0.188. The smallest absolute Gasteiger partial charge is 0.304 e. The maximum absolute atomic E-state index is 13.3. The highest BCUT2D eigenvalue weighted by molar-refractivity contribution is 6.33. The Morgan fingerprint density at radius 1 is 1.24 bits per heavy atom. The lowest BCUT2D eigenvalue weighted by atomic mass is 10.00. The van der Waals surface area contributed by atoms with Gasteiger partial charge in [0.1, 0.15) is 5.82 Å². The molecule has 2 aromatic carbocycles. The van der Waals surface area contributed by atoms with Gasteiger partial charge in [0.05, 0.1) is 6.42 Å². The van der Waals surface area contributed by atoms with Crippen LogP contribution in [-0.2, 0) is 11.2 Å². The second-order valence-electron chi connectivity index (χ2n) is 4.88. The van der Waals surface area contributed by atoms with Gasteiger partial charge in [0.15, 0.2) is 0 Å². The molecule has 5 heteroatoms. The molecule has 0 aromatic heterocycles. The fourth-order valence-electron chi connectivity index (χ4n) is 2.14. The molecule has 110 valence electrons. The van der Waals surface area contributed by atoms with Crippen molar-refractivity contribution in [1.29, 1.82) is 0 Å². The van der Waals surface area contributed by atoms with Crippen molar-refractivity contribution < 1.29 is 14.3 Å². The number of hydrogen-bond acceptors (Lipinski definition) is 2. The maximum atomic E-state index is 13.3. The summed E-state index contributed by atoms with van der Waals surface area (Å²) in [6.45, 7) is 0. The number of nitrogens with two attached hydrogens (primary N) is 1. The van der Waals surface area contributed by atoms with E-state index in [9.17, 15) is 9.18 Å². The summed E-state index contributed by atoms with van der Waals surface area (Å²) in [6.07, 6.45) is 0.404. The van der Waals surface area contributed by atoms with Crippen LogP contribution in [0.2, 0.25) is 5.02 Å². The van der Waals surface area contributed by atoms with E-state index in [2.05, 4.69) is 0 Å². The lowest BCUT2D eigenvalue weighted by molar-refractivity contribution is -0.137. The van der Waals surface area contributed by atoms with Crippen LogP contribution in [0.25, 0.3) is 11.1 Å². The van der Waals surface area contributed by atoms with Crippen LogP contribution in [0, 0.1) is 5.82 Å². The minimum atomic E-state index is -0.911. The van der Waals surface area contributed by atoms with Gasteiger partial charge >= 0.3 is 5.97 Å². The summed E-state index contributed by atoms with van der Waals surface area (Å²) in [4.78, 5) is 10.6. The Labute approximate surface area is 127 Å². The molecule has 3 N–H and O–H groups in total. The van der Waals surface area contributed by atoms with Crippen molar-refractivity contribution in [2.75, 3.05) is 0 Å². The Hall–Kier alpha value is -1.91. The quantitative estimate of drug-likeness (QED) is 0.888. The summed E-state index contributed by atoms with van der Waals surface area (Å²) in [5.41, 5.74) is 8.10. The first-order chi connectivity index (χ1) is 9.95. The second-order valence-corrected chi connectivity index (χ2v) is 5.29. The number of carbonyl (C=O) groups is 1. The van der Waals surface area contributed by atoms with Gasteiger partial charge in [-0.25, -0.2) is 4.39 Å². The third-order valence-electron chi connectivity index (χ3n) is 3.13.